The Morgan fingerprint density at radius 3 is 2.75 bits per heavy atom. The summed E-state index contributed by atoms with van der Waals surface area (Å²) in [7, 11) is -4.40. The second kappa shape index (κ2) is 12.0. The lowest BCUT2D eigenvalue weighted by atomic mass is 9.96. The Kier molecular flexibility index (Phi) is 8.17. The minimum atomic E-state index is -4.40. The van der Waals surface area contributed by atoms with Gasteiger partial charge >= 0.3 is 19.9 Å². The lowest BCUT2D eigenvalue weighted by Gasteiger charge is -2.29. The molecule has 2 aromatic heterocycles. The number of para-hydroxylation sites is 1. The average Bonchev–Trinajstić information content (AvgIpc) is 3.70. The Morgan fingerprint density at radius 1 is 1.23 bits per heavy atom. The van der Waals surface area contributed by atoms with E-state index in [1.165, 1.54) is 17.8 Å². The van der Waals surface area contributed by atoms with E-state index in [0.29, 0.717) is 11.2 Å². The van der Waals surface area contributed by atoms with E-state index in [0.717, 1.165) is 32.1 Å². The molecular weight excluding hydrogens is 595 g/mol. The highest BCUT2D eigenvalue weighted by molar-refractivity contribution is 7.52. The number of carbonyl (C=O) groups is 2. The number of anilines is 1. The predicted molar refractivity (Wildman–Crippen MR) is 151 cm³/mol. The standard InChI is InChI=1S/C28H31N6O9P/c1-17(26(35)39-18-8-4-2-5-9-18)33-44(37,43-19-10-6-3-7-11-19)38-15-28(14-29)24-23(40-27(36)41-24)22(42-28)20-12-13-21-25(30)31-16-32-34(20)21/h3,6-7,10-13,16-18,22-24H,2,4-5,8-9,15H2,1H3,(H,33,37)(H2,30,31,32)/t17-,22-,23-,24-,28+,44-/m0/s1. The van der Waals surface area contributed by atoms with Gasteiger partial charge in [0.15, 0.2) is 18.0 Å². The third kappa shape index (κ3) is 5.81. The van der Waals surface area contributed by atoms with Crippen LogP contribution in [-0.2, 0) is 32.8 Å². The number of esters is 1. The van der Waals surface area contributed by atoms with Gasteiger partial charge in [-0.25, -0.2) is 18.9 Å². The Balaban J connectivity index is 1.25. The molecule has 16 heteroatoms. The number of benzene rings is 1. The van der Waals surface area contributed by atoms with E-state index >= 15 is 0 Å². The number of rotatable bonds is 10. The number of hydrogen-bond acceptors (Lipinski definition) is 13. The van der Waals surface area contributed by atoms with Crippen LogP contribution in [0, 0.1) is 11.3 Å². The number of nitrogens with zero attached hydrogens (tertiary/aromatic N) is 4. The smallest absolute Gasteiger partial charge is 0.461 e. The minimum absolute atomic E-state index is 0.179. The zero-order valence-corrected chi connectivity index (χ0v) is 24.6. The van der Waals surface area contributed by atoms with Gasteiger partial charge < -0.3 is 29.2 Å². The number of nitriles is 1. The maximum Gasteiger partial charge on any atom is 0.509 e. The van der Waals surface area contributed by atoms with Gasteiger partial charge in [0, 0.05) is 0 Å². The van der Waals surface area contributed by atoms with Crippen molar-refractivity contribution in [2.75, 3.05) is 12.3 Å². The van der Waals surface area contributed by atoms with Crippen molar-refractivity contribution >= 4 is 31.2 Å². The molecule has 2 saturated heterocycles. The first-order valence-electron chi connectivity index (χ1n) is 14.2. The number of aromatic nitrogens is 3. The zero-order chi connectivity index (χ0) is 30.9. The van der Waals surface area contributed by atoms with Crippen LogP contribution >= 0.6 is 7.75 Å². The molecule has 3 N–H and O–H groups in total. The maximum absolute atomic E-state index is 14.2. The van der Waals surface area contributed by atoms with Crippen molar-refractivity contribution in [2.24, 2.45) is 0 Å². The van der Waals surface area contributed by atoms with Gasteiger partial charge in [-0.2, -0.15) is 15.4 Å². The molecule has 0 spiro atoms. The molecule has 1 aliphatic carbocycles. The summed E-state index contributed by atoms with van der Waals surface area (Å²) < 4.78 is 49.8. The quantitative estimate of drug-likeness (QED) is 0.244. The SMILES string of the molecule is C[C@H](N[P@](=O)(OC[C@@]1(C#N)O[C@@H](c2ccc3c(N)ncnn23)[C@@H]2OC(=O)O[C@@H]21)Oc1ccccc1)C(=O)OC1CCCCC1. The number of fused-ring (bicyclic) bond motifs is 2. The highest BCUT2D eigenvalue weighted by Gasteiger charge is 2.65. The maximum atomic E-state index is 14.2. The Labute approximate surface area is 252 Å². The molecule has 1 saturated carbocycles. The molecule has 44 heavy (non-hydrogen) atoms. The summed E-state index contributed by atoms with van der Waals surface area (Å²) in [5, 5.41) is 17.2. The normalized spacial score (nSPS) is 27.0. The topological polar surface area (TPSA) is 199 Å². The molecule has 0 amide bonds. The fourth-order valence-corrected chi connectivity index (χ4v) is 7.12. The number of nitrogen functional groups attached to an aromatic ring is 1. The Morgan fingerprint density at radius 2 is 2.00 bits per heavy atom. The number of nitrogens with one attached hydrogen (secondary N) is 1. The van der Waals surface area contributed by atoms with Crippen LogP contribution < -0.4 is 15.3 Å². The number of ether oxygens (including phenoxy) is 4. The molecule has 0 unspecified atom stereocenters. The second-order valence-electron chi connectivity index (χ2n) is 10.8. The summed E-state index contributed by atoms with van der Waals surface area (Å²) in [5.41, 5.74) is 4.85. The number of hydrogen-bond donors (Lipinski definition) is 2. The van der Waals surface area contributed by atoms with Crippen LogP contribution in [0.5, 0.6) is 5.75 Å². The molecular formula is C28H31N6O9P. The summed E-state index contributed by atoms with van der Waals surface area (Å²) in [5.74, 6) is -0.237. The van der Waals surface area contributed by atoms with Crippen molar-refractivity contribution in [2.45, 2.75) is 75.1 Å². The van der Waals surface area contributed by atoms with Crippen LogP contribution in [0.25, 0.3) is 5.52 Å². The van der Waals surface area contributed by atoms with Crippen molar-refractivity contribution in [3.8, 4) is 11.8 Å². The molecule has 4 heterocycles. The summed E-state index contributed by atoms with van der Waals surface area (Å²) >= 11 is 0. The summed E-state index contributed by atoms with van der Waals surface area (Å²) in [6, 6.07) is 12.4. The van der Waals surface area contributed by atoms with Crippen molar-refractivity contribution in [3.63, 3.8) is 0 Å². The zero-order valence-electron chi connectivity index (χ0n) is 23.7. The third-order valence-electron chi connectivity index (χ3n) is 7.80. The van der Waals surface area contributed by atoms with Gasteiger partial charge in [0.2, 0.25) is 5.60 Å². The van der Waals surface area contributed by atoms with Crippen LogP contribution in [0.2, 0.25) is 0 Å². The minimum Gasteiger partial charge on any atom is -0.461 e. The van der Waals surface area contributed by atoms with Crippen LogP contribution in [-0.4, -0.2) is 63.3 Å². The molecule has 6 atom stereocenters. The van der Waals surface area contributed by atoms with E-state index in [1.807, 2.05) is 6.07 Å². The van der Waals surface area contributed by atoms with Crippen molar-refractivity contribution in [1.29, 1.82) is 5.26 Å². The molecule has 15 nitrogen and oxygen atoms in total. The Bertz CT molecular complexity index is 1620. The Hall–Kier alpha value is -4.22. The lowest BCUT2D eigenvalue weighted by molar-refractivity contribution is -0.152. The van der Waals surface area contributed by atoms with Crippen molar-refractivity contribution in [1.82, 2.24) is 19.7 Å². The van der Waals surface area contributed by atoms with E-state index in [1.54, 1.807) is 42.5 Å². The highest BCUT2D eigenvalue weighted by Crippen LogP contribution is 2.51. The predicted octanol–water partition coefficient (Wildman–Crippen LogP) is 3.61. The van der Waals surface area contributed by atoms with Crippen molar-refractivity contribution < 1.29 is 42.1 Å². The number of nitrogens with two attached hydrogens (primary N) is 1. The monoisotopic (exact) mass is 626 g/mol. The molecule has 3 fully saturated rings. The first kappa shape index (κ1) is 29.8. The fourth-order valence-electron chi connectivity index (χ4n) is 5.60. The van der Waals surface area contributed by atoms with Crippen LogP contribution in [0.4, 0.5) is 10.6 Å². The summed E-state index contributed by atoms with van der Waals surface area (Å²) in [6.45, 7) is 0.783. The first-order valence-corrected chi connectivity index (χ1v) is 15.8. The van der Waals surface area contributed by atoms with Gasteiger partial charge in [0.05, 0.1) is 5.69 Å². The van der Waals surface area contributed by atoms with E-state index in [4.69, 9.17) is 33.7 Å². The number of carbonyl (C=O) groups excluding carboxylic acids is 2. The van der Waals surface area contributed by atoms with Gasteiger partial charge in [-0.05, 0) is 56.9 Å². The van der Waals surface area contributed by atoms with Crippen LogP contribution in [0.1, 0.15) is 50.8 Å². The van der Waals surface area contributed by atoms with E-state index < -0.39 is 56.4 Å². The molecule has 3 aromatic rings. The summed E-state index contributed by atoms with van der Waals surface area (Å²) in [4.78, 5) is 29.2. The molecule has 0 bridgehead atoms. The molecule has 3 aliphatic rings. The molecule has 232 valence electrons. The molecule has 2 aliphatic heterocycles. The van der Waals surface area contributed by atoms with Gasteiger partial charge in [-0.3, -0.25) is 9.32 Å². The fraction of sp³-hybridized carbons (Fsp3) is 0.464. The van der Waals surface area contributed by atoms with Crippen molar-refractivity contribution in [3.05, 3.63) is 54.5 Å². The highest BCUT2D eigenvalue weighted by atomic mass is 31.2. The average molecular weight is 627 g/mol. The largest absolute Gasteiger partial charge is 0.509 e. The molecule has 6 rings (SSSR count). The van der Waals surface area contributed by atoms with E-state index in [9.17, 15) is 19.4 Å². The van der Waals surface area contributed by atoms with Gasteiger partial charge in [-0.1, -0.05) is 24.6 Å². The van der Waals surface area contributed by atoms with Gasteiger partial charge in [-0.15, -0.1) is 0 Å². The molecule has 0 radical (unpaired) electrons. The van der Waals surface area contributed by atoms with E-state index in [2.05, 4.69) is 15.2 Å². The first-order chi connectivity index (χ1) is 21.2. The lowest BCUT2D eigenvalue weighted by Crippen LogP contribution is -2.46. The molecule has 1 aromatic carbocycles. The van der Waals surface area contributed by atoms with Crippen LogP contribution in [0.15, 0.2) is 48.8 Å². The van der Waals surface area contributed by atoms with Crippen LogP contribution in [0.3, 0.4) is 0 Å². The van der Waals surface area contributed by atoms with E-state index in [-0.39, 0.29) is 17.7 Å². The van der Waals surface area contributed by atoms with Gasteiger partial charge in [0.25, 0.3) is 0 Å². The summed E-state index contributed by atoms with van der Waals surface area (Å²) in [6.07, 6.45) is 1.16. The second-order valence-corrected chi connectivity index (χ2v) is 12.5. The van der Waals surface area contributed by atoms with Gasteiger partial charge in [0.1, 0.15) is 48.5 Å². The third-order valence-corrected chi connectivity index (χ3v) is 9.42.